The Morgan fingerprint density at radius 1 is 0.923 bits per heavy atom. The number of carbonyl (C=O) groups is 2. The minimum absolute atomic E-state index is 0.351. The van der Waals surface area contributed by atoms with Gasteiger partial charge in [0, 0.05) is 23.6 Å². The van der Waals surface area contributed by atoms with Crippen LogP contribution in [0.4, 0.5) is 5.69 Å². The molecule has 0 aliphatic heterocycles. The fourth-order valence-corrected chi connectivity index (χ4v) is 2.47. The molecule has 0 aliphatic rings. The van der Waals surface area contributed by atoms with E-state index in [-0.39, 0.29) is 0 Å². The Morgan fingerprint density at radius 2 is 1.58 bits per heavy atom. The van der Waals surface area contributed by atoms with Gasteiger partial charge in [0.15, 0.2) is 6.10 Å². The molecular formula is C21H18N2O3. The molecule has 0 radical (unpaired) electrons. The highest BCUT2D eigenvalue weighted by molar-refractivity contribution is 5.99. The van der Waals surface area contributed by atoms with Gasteiger partial charge in [-0.25, -0.2) is 4.79 Å². The van der Waals surface area contributed by atoms with Gasteiger partial charge in [0.05, 0.1) is 5.56 Å². The van der Waals surface area contributed by atoms with E-state index in [9.17, 15) is 9.59 Å². The Kier molecular flexibility index (Phi) is 5.39. The fourth-order valence-electron chi connectivity index (χ4n) is 2.47. The lowest BCUT2D eigenvalue weighted by atomic mass is 10.0. The number of ether oxygens (including phenoxy) is 1. The van der Waals surface area contributed by atoms with Gasteiger partial charge < -0.3 is 10.1 Å². The summed E-state index contributed by atoms with van der Waals surface area (Å²) < 4.78 is 5.24. The van der Waals surface area contributed by atoms with Crippen molar-refractivity contribution in [2.24, 2.45) is 0 Å². The van der Waals surface area contributed by atoms with Crippen LogP contribution in [0.3, 0.4) is 0 Å². The number of nitrogens with zero attached hydrogens (tertiary/aromatic N) is 1. The zero-order valence-corrected chi connectivity index (χ0v) is 14.3. The molecule has 1 N–H and O–H groups in total. The average Bonchev–Trinajstić information content (AvgIpc) is 2.69. The molecule has 1 heterocycles. The minimum atomic E-state index is -0.931. The van der Waals surface area contributed by atoms with Crippen LogP contribution in [0, 0.1) is 0 Å². The van der Waals surface area contributed by atoms with Crippen LogP contribution < -0.4 is 5.32 Å². The molecule has 0 fully saturated rings. The Balaban J connectivity index is 1.71. The van der Waals surface area contributed by atoms with E-state index in [4.69, 9.17) is 4.74 Å². The second-order valence-corrected chi connectivity index (χ2v) is 5.68. The molecule has 0 unspecified atom stereocenters. The van der Waals surface area contributed by atoms with Crippen molar-refractivity contribution in [1.29, 1.82) is 0 Å². The van der Waals surface area contributed by atoms with Crippen molar-refractivity contribution in [1.82, 2.24) is 4.98 Å². The number of para-hydroxylation sites is 1. The first-order chi connectivity index (χ1) is 12.6. The Hall–Kier alpha value is -3.47. The number of aromatic nitrogens is 1. The average molecular weight is 346 g/mol. The topological polar surface area (TPSA) is 68.3 Å². The van der Waals surface area contributed by atoms with Crippen LogP contribution in [0.1, 0.15) is 17.3 Å². The number of anilines is 1. The van der Waals surface area contributed by atoms with Crippen LogP contribution >= 0.6 is 0 Å². The van der Waals surface area contributed by atoms with E-state index in [1.54, 1.807) is 6.92 Å². The van der Waals surface area contributed by atoms with Gasteiger partial charge in [-0.15, -0.1) is 0 Å². The first-order valence-corrected chi connectivity index (χ1v) is 8.21. The Labute approximate surface area is 151 Å². The Bertz CT molecular complexity index is 895. The maximum atomic E-state index is 12.5. The van der Waals surface area contributed by atoms with Gasteiger partial charge in [0.1, 0.15) is 0 Å². The second kappa shape index (κ2) is 8.07. The SMILES string of the molecule is C[C@H](OC(=O)c1ccncc1)C(=O)Nc1ccccc1-c1ccccc1. The molecule has 0 saturated heterocycles. The van der Waals surface area contributed by atoms with Crippen LogP contribution in [0.25, 0.3) is 11.1 Å². The summed E-state index contributed by atoms with van der Waals surface area (Å²) >= 11 is 0. The first-order valence-electron chi connectivity index (χ1n) is 8.21. The summed E-state index contributed by atoms with van der Waals surface area (Å²) in [4.78, 5) is 28.4. The van der Waals surface area contributed by atoms with E-state index < -0.39 is 18.0 Å². The molecule has 3 rings (SSSR count). The van der Waals surface area contributed by atoms with E-state index in [1.165, 1.54) is 24.5 Å². The number of esters is 1. The summed E-state index contributed by atoms with van der Waals surface area (Å²) in [6.07, 6.45) is 2.06. The largest absolute Gasteiger partial charge is 0.449 e. The van der Waals surface area contributed by atoms with Gasteiger partial charge in [-0.3, -0.25) is 9.78 Å². The molecule has 1 aromatic heterocycles. The monoisotopic (exact) mass is 346 g/mol. The lowest BCUT2D eigenvalue weighted by molar-refractivity contribution is -0.123. The third-order valence-corrected chi connectivity index (χ3v) is 3.84. The van der Waals surface area contributed by atoms with Crippen molar-refractivity contribution in [2.75, 3.05) is 5.32 Å². The number of hydrogen-bond donors (Lipinski definition) is 1. The summed E-state index contributed by atoms with van der Waals surface area (Å²) in [5, 5.41) is 2.84. The van der Waals surface area contributed by atoms with Crippen molar-refractivity contribution in [3.63, 3.8) is 0 Å². The van der Waals surface area contributed by atoms with E-state index in [0.29, 0.717) is 11.3 Å². The molecule has 0 bridgehead atoms. The highest BCUT2D eigenvalue weighted by atomic mass is 16.5. The quantitative estimate of drug-likeness (QED) is 0.711. The molecule has 130 valence electrons. The lowest BCUT2D eigenvalue weighted by Crippen LogP contribution is -2.30. The molecular weight excluding hydrogens is 328 g/mol. The third kappa shape index (κ3) is 4.13. The molecule has 1 amide bonds. The number of pyridine rings is 1. The van der Waals surface area contributed by atoms with Crippen molar-refractivity contribution in [3.8, 4) is 11.1 Å². The fraction of sp³-hybridized carbons (Fsp3) is 0.0952. The predicted molar refractivity (Wildman–Crippen MR) is 99.6 cm³/mol. The molecule has 5 heteroatoms. The summed E-state index contributed by atoms with van der Waals surface area (Å²) in [6, 6.07) is 20.3. The molecule has 3 aromatic rings. The van der Waals surface area contributed by atoms with Crippen LogP contribution in [0.2, 0.25) is 0 Å². The summed E-state index contributed by atoms with van der Waals surface area (Å²) in [7, 11) is 0. The zero-order chi connectivity index (χ0) is 18.4. The predicted octanol–water partition coefficient (Wildman–Crippen LogP) is 3.93. The highest BCUT2D eigenvalue weighted by Gasteiger charge is 2.20. The number of carbonyl (C=O) groups excluding carboxylic acids is 2. The van der Waals surface area contributed by atoms with Gasteiger partial charge in [-0.2, -0.15) is 0 Å². The molecule has 0 saturated carbocycles. The standard InChI is InChI=1S/C21H18N2O3/c1-15(26-21(25)17-11-13-22-14-12-17)20(24)23-19-10-6-5-9-18(19)16-7-3-2-4-8-16/h2-15H,1H3,(H,23,24)/t15-/m0/s1. The lowest BCUT2D eigenvalue weighted by Gasteiger charge is -2.16. The summed E-state index contributed by atoms with van der Waals surface area (Å²) in [6.45, 7) is 1.54. The zero-order valence-electron chi connectivity index (χ0n) is 14.3. The molecule has 1 atom stereocenters. The van der Waals surface area contributed by atoms with Crippen LogP contribution in [0.5, 0.6) is 0 Å². The Morgan fingerprint density at radius 3 is 2.31 bits per heavy atom. The van der Waals surface area contributed by atoms with Crippen molar-refractivity contribution in [3.05, 3.63) is 84.7 Å². The van der Waals surface area contributed by atoms with Crippen LogP contribution in [0.15, 0.2) is 79.1 Å². The van der Waals surface area contributed by atoms with Crippen LogP contribution in [-0.2, 0) is 9.53 Å². The highest BCUT2D eigenvalue weighted by Crippen LogP contribution is 2.27. The number of rotatable bonds is 5. The van der Waals surface area contributed by atoms with Crippen molar-refractivity contribution < 1.29 is 14.3 Å². The molecule has 0 aliphatic carbocycles. The number of hydrogen-bond acceptors (Lipinski definition) is 4. The molecule has 0 spiro atoms. The number of nitrogens with one attached hydrogen (secondary N) is 1. The number of benzene rings is 2. The molecule has 5 nitrogen and oxygen atoms in total. The second-order valence-electron chi connectivity index (χ2n) is 5.68. The van der Waals surface area contributed by atoms with E-state index in [0.717, 1.165) is 11.1 Å². The van der Waals surface area contributed by atoms with Gasteiger partial charge in [-0.05, 0) is 30.7 Å². The van der Waals surface area contributed by atoms with Crippen LogP contribution in [-0.4, -0.2) is 23.0 Å². The molecule has 2 aromatic carbocycles. The van der Waals surface area contributed by atoms with Crippen molar-refractivity contribution >= 4 is 17.6 Å². The first kappa shape index (κ1) is 17.4. The van der Waals surface area contributed by atoms with Gasteiger partial charge in [0.25, 0.3) is 5.91 Å². The van der Waals surface area contributed by atoms with Gasteiger partial charge in [0.2, 0.25) is 0 Å². The smallest absolute Gasteiger partial charge is 0.339 e. The summed E-state index contributed by atoms with van der Waals surface area (Å²) in [5.41, 5.74) is 2.90. The number of amides is 1. The third-order valence-electron chi connectivity index (χ3n) is 3.84. The van der Waals surface area contributed by atoms with Crippen molar-refractivity contribution in [2.45, 2.75) is 13.0 Å². The normalized spacial score (nSPS) is 11.4. The van der Waals surface area contributed by atoms with E-state index >= 15 is 0 Å². The maximum Gasteiger partial charge on any atom is 0.339 e. The van der Waals surface area contributed by atoms with Gasteiger partial charge >= 0.3 is 5.97 Å². The van der Waals surface area contributed by atoms with Gasteiger partial charge in [-0.1, -0.05) is 48.5 Å². The molecule has 26 heavy (non-hydrogen) atoms. The van der Waals surface area contributed by atoms with E-state index in [2.05, 4.69) is 10.3 Å². The van der Waals surface area contributed by atoms with E-state index in [1.807, 2.05) is 54.6 Å². The maximum absolute atomic E-state index is 12.5. The minimum Gasteiger partial charge on any atom is -0.449 e. The summed E-state index contributed by atoms with van der Waals surface area (Å²) in [5.74, 6) is -0.956.